The van der Waals surface area contributed by atoms with Crippen molar-refractivity contribution in [3.05, 3.63) is 139 Å². The molecule has 0 radical (unpaired) electrons. The number of thioether (sulfide) groups is 1. The number of hydrazine groups is 1. The number of carbonyl (C=O) groups is 1. The molecule has 0 aliphatic carbocycles. The number of hydrogen-bond donors (Lipinski definition) is 1. The summed E-state index contributed by atoms with van der Waals surface area (Å²) in [6, 6.07) is 34.9. The number of anilines is 2. The van der Waals surface area contributed by atoms with Gasteiger partial charge in [-0.15, -0.1) is 11.3 Å². The molecule has 0 spiro atoms. The molecule has 5 aromatic rings. The van der Waals surface area contributed by atoms with E-state index in [0.717, 1.165) is 25.6 Å². The summed E-state index contributed by atoms with van der Waals surface area (Å²) in [7, 11) is 1.97. The van der Waals surface area contributed by atoms with Crippen LogP contribution in [-0.2, 0) is 11.3 Å². The Morgan fingerprint density at radius 3 is 2.33 bits per heavy atom. The topological polar surface area (TPSA) is 69.9 Å². The Morgan fingerprint density at radius 2 is 1.58 bits per heavy atom. The summed E-state index contributed by atoms with van der Waals surface area (Å²) in [6.45, 7) is 0.312. The molecule has 212 valence electrons. The second-order valence-electron chi connectivity index (χ2n) is 9.95. The van der Waals surface area contributed by atoms with Gasteiger partial charge in [-0.3, -0.25) is 19.6 Å². The zero-order chi connectivity index (χ0) is 29.5. The minimum Gasteiger partial charge on any atom is -0.337 e. The van der Waals surface area contributed by atoms with E-state index >= 15 is 0 Å². The molecule has 2 aliphatic heterocycles. The Balaban J connectivity index is 1.52. The van der Waals surface area contributed by atoms with Crippen LogP contribution in [0.3, 0.4) is 0 Å². The smallest absolute Gasteiger partial charge is 0.283 e. The third-order valence-corrected chi connectivity index (χ3v) is 10.2. The molecule has 7 rings (SSSR count). The van der Waals surface area contributed by atoms with Gasteiger partial charge in [0.25, 0.3) is 11.5 Å². The standard InChI is InChI=1S/C33H24BrN5O2S2/c1-37-25-17-8-9-18-26(25)42-33(37)28-31(41)38(20-21-11-4-2-5-12-21)32(43-28)27-29(35-23-14-10-13-22(34)19-23)36-39(30(27)40)24-15-6-3-7-16-24/h2-19H,20H2,1H3,(H,35,36)/b32-27?,33-28-. The first-order chi connectivity index (χ1) is 21.0. The maximum absolute atomic E-state index is 14.3. The molecule has 3 heterocycles. The summed E-state index contributed by atoms with van der Waals surface area (Å²) < 4.78 is 3.71. The second-order valence-corrected chi connectivity index (χ2v) is 12.9. The molecule has 0 bridgehead atoms. The van der Waals surface area contributed by atoms with Crippen molar-refractivity contribution in [3.8, 4) is 0 Å². The molecule has 1 fully saturated rings. The van der Waals surface area contributed by atoms with Crippen LogP contribution in [0.1, 0.15) is 5.56 Å². The van der Waals surface area contributed by atoms with Crippen molar-refractivity contribution in [1.82, 2.24) is 9.99 Å². The average Bonchev–Trinajstić information content (AvgIpc) is 3.64. The summed E-state index contributed by atoms with van der Waals surface area (Å²) in [5.41, 5.74) is 6.78. The number of aliphatic imine (C=N–C) groups is 1. The minimum atomic E-state index is -0.282. The summed E-state index contributed by atoms with van der Waals surface area (Å²) in [5, 5.41) is 2.33. The fourth-order valence-corrected chi connectivity index (χ4v) is 7.95. The molecule has 1 saturated heterocycles. The normalized spacial score (nSPS) is 17.9. The van der Waals surface area contributed by atoms with Gasteiger partial charge in [-0.1, -0.05) is 94.4 Å². The number of aromatic nitrogens is 1. The van der Waals surface area contributed by atoms with Crippen molar-refractivity contribution in [3.63, 3.8) is 0 Å². The van der Waals surface area contributed by atoms with Gasteiger partial charge in [-0.05, 0) is 48.0 Å². The Bertz CT molecular complexity index is 2090. The van der Waals surface area contributed by atoms with Crippen molar-refractivity contribution in [2.45, 2.75) is 11.4 Å². The third kappa shape index (κ3) is 5.11. The van der Waals surface area contributed by atoms with E-state index < -0.39 is 0 Å². The first-order valence-corrected chi connectivity index (χ1v) is 15.9. The molecule has 4 aromatic carbocycles. The predicted octanol–water partition coefficient (Wildman–Crippen LogP) is 5.46. The molecule has 43 heavy (non-hydrogen) atoms. The largest absolute Gasteiger partial charge is 0.337 e. The van der Waals surface area contributed by atoms with E-state index in [2.05, 4.69) is 32.3 Å². The van der Waals surface area contributed by atoms with Gasteiger partial charge in [0.1, 0.15) is 19.8 Å². The summed E-state index contributed by atoms with van der Waals surface area (Å²) in [6.07, 6.45) is 0. The summed E-state index contributed by atoms with van der Waals surface area (Å²) in [5.74, 6) is 0.0950. The van der Waals surface area contributed by atoms with Crippen LogP contribution in [0.25, 0.3) is 10.6 Å². The number of amidine groups is 1. The van der Waals surface area contributed by atoms with E-state index in [0.29, 0.717) is 38.5 Å². The van der Waals surface area contributed by atoms with Gasteiger partial charge in [0, 0.05) is 16.4 Å². The molecule has 0 saturated carbocycles. The monoisotopic (exact) mass is 665 g/mol. The average molecular weight is 667 g/mol. The molecule has 10 heteroatoms. The van der Waals surface area contributed by atoms with Gasteiger partial charge in [-0.25, -0.2) is 10.0 Å². The highest BCUT2D eigenvalue weighted by molar-refractivity contribution is 9.10. The van der Waals surface area contributed by atoms with E-state index in [9.17, 15) is 9.59 Å². The number of fused-ring (bicyclic) bond motifs is 1. The number of nitrogens with zero attached hydrogens (tertiary/aromatic N) is 4. The number of carbonyl (C=O) groups excluding carboxylic acids is 1. The zero-order valence-corrected chi connectivity index (χ0v) is 26.1. The van der Waals surface area contributed by atoms with Crippen molar-refractivity contribution >= 4 is 78.4 Å². The van der Waals surface area contributed by atoms with Gasteiger partial charge in [0.15, 0.2) is 5.84 Å². The first kappa shape index (κ1) is 27.5. The predicted molar refractivity (Wildman–Crippen MR) is 179 cm³/mol. The van der Waals surface area contributed by atoms with Crippen LogP contribution in [0.2, 0.25) is 0 Å². The number of amides is 1. The van der Waals surface area contributed by atoms with E-state index in [1.54, 1.807) is 16.3 Å². The zero-order valence-electron chi connectivity index (χ0n) is 22.9. The van der Waals surface area contributed by atoms with E-state index in [1.165, 1.54) is 16.3 Å². The van der Waals surface area contributed by atoms with Crippen LogP contribution in [0.4, 0.5) is 17.1 Å². The van der Waals surface area contributed by atoms with Crippen LogP contribution < -0.4 is 30.1 Å². The summed E-state index contributed by atoms with van der Waals surface area (Å²) in [4.78, 5) is 36.6. The van der Waals surface area contributed by atoms with Crippen LogP contribution in [-0.4, -0.2) is 23.4 Å². The molecule has 7 nitrogen and oxygen atoms in total. The second kappa shape index (κ2) is 11.4. The lowest BCUT2D eigenvalue weighted by Crippen LogP contribution is -2.36. The maximum atomic E-state index is 14.3. The molecule has 1 N–H and O–H groups in total. The summed E-state index contributed by atoms with van der Waals surface area (Å²) >= 11 is 6.42. The number of halogens is 1. The molecule has 0 atom stereocenters. The van der Waals surface area contributed by atoms with Crippen molar-refractivity contribution in [2.24, 2.45) is 4.99 Å². The van der Waals surface area contributed by atoms with Crippen LogP contribution in [0, 0.1) is 0 Å². The van der Waals surface area contributed by atoms with Crippen LogP contribution >= 0.6 is 39.0 Å². The number of thiazole rings is 1. The SMILES string of the molecule is CN1/C(=c2/sc(=C3C(=O)N(c4ccccc4)NC3=Nc3cccc(Br)c3)n(Cc3ccccc3)c2=O)Sc2ccccc21. The minimum absolute atomic E-state index is 0.147. The lowest BCUT2D eigenvalue weighted by Gasteiger charge is -2.14. The fraction of sp³-hybridized carbons (Fsp3) is 0.0606. The van der Waals surface area contributed by atoms with Gasteiger partial charge < -0.3 is 4.90 Å². The van der Waals surface area contributed by atoms with E-state index in [4.69, 9.17) is 4.99 Å². The Morgan fingerprint density at radius 1 is 0.860 bits per heavy atom. The quantitative estimate of drug-likeness (QED) is 0.276. The highest BCUT2D eigenvalue weighted by Gasteiger charge is 2.36. The maximum Gasteiger partial charge on any atom is 0.283 e. The van der Waals surface area contributed by atoms with Gasteiger partial charge in [0.05, 0.1) is 23.6 Å². The number of rotatable bonds is 4. The Hall–Kier alpha value is -4.38. The van der Waals surface area contributed by atoms with Gasteiger partial charge in [-0.2, -0.15) is 0 Å². The molecular formula is C33H24BrN5O2S2. The van der Waals surface area contributed by atoms with Gasteiger partial charge >= 0.3 is 0 Å². The van der Waals surface area contributed by atoms with Crippen molar-refractivity contribution in [2.75, 3.05) is 17.0 Å². The number of nitrogens with one attached hydrogen (secondary N) is 1. The lowest BCUT2D eigenvalue weighted by atomic mass is 10.2. The Labute approximate surface area is 264 Å². The van der Waals surface area contributed by atoms with Gasteiger partial charge in [0.2, 0.25) is 0 Å². The molecule has 1 aromatic heterocycles. The number of para-hydroxylation sites is 2. The highest BCUT2D eigenvalue weighted by Crippen LogP contribution is 2.45. The molecule has 2 aliphatic rings. The number of hydrogen-bond acceptors (Lipinski definition) is 6. The number of benzene rings is 4. The van der Waals surface area contributed by atoms with Crippen molar-refractivity contribution in [1.29, 1.82) is 0 Å². The first-order valence-electron chi connectivity index (χ1n) is 13.5. The van der Waals surface area contributed by atoms with Crippen molar-refractivity contribution < 1.29 is 4.79 Å². The lowest BCUT2D eigenvalue weighted by molar-refractivity contribution is -0.113. The third-order valence-electron chi connectivity index (χ3n) is 7.15. The van der Waals surface area contributed by atoms with E-state index in [-0.39, 0.29) is 11.5 Å². The fourth-order valence-electron chi connectivity index (χ4n) is 5.08. The Kier molecular flexibility index (Phi) is 7.26. The highest BCUT2D eigenvalue weighted by atomic mass is 79.9. The van der Waals surface area contributed by atoms with Crippen LogP contribution in [0.15, 0.2) is 128 Å². The molecular weight excluding hydrogens is 642 g/mol. The van der Waals surface area contributed by atoms with Crippen LogP contribution in [0.5, 0.6) is 0 Å². The van der Waals surface area contributed by atoms with E-state index in [1.807, 2.05) is 110 Å². The molecule has 1 amide bonds. The molecule has 0 unspecified atom stereocenters.